The second-order valence-electron chi connectivity index (χ2n) is 5.33. The van der Waals surface area contributed by atoms with Gasteiger partial charge in [-0.05, 0) is 31.2 Å². The Balaban J connectivity index is 1.80. The molecule has 3 rings (SSSR count). The average molecular weight is 327 g/mol. The Hall–Kier alpha value is -3.02. The third kappa shape index (κ3) is 3.03. The van der Waals surface area contributed by atoms with Crippen LogP contribution in [0.5, 0.6) is 11.5 Å². The number of hydrogen-bond donors (Lipinski definition) is 1. The van der Waals surface area contributed by atoms with Crippen LogP contribution in [-0.4, -0.2) is 31.2 Å². The van der Waals surface area contributed by atoms with E-state index >= 15 is 0 Å². The first kappa shape index (κ1) is 15.9. The van der Waals surface area contributed by atoms with Crippen molar-refractivity contribution in [2.24, 2.45) is 0 Å². The highest BCUT2D eigenvalue weighted by atomic mass is 16.6. The summed E-state index contributed by atoms with van der Waals surface area (Å²) in [4.78, 5) is 24.4. The number of fused-ring (bicyclic) bond motifs is 1. The minimum Gasteiger partial charge on any atom is -0.482 e. The number of amides is 1. The number of benzene rings is 2. The topological polar surface area (TPSA) is 73.9 Å². The molecule has 2 atom stereocenters. The fourth-order valence-corrected chi connectivity index (χ4v) is 2.49. The van der Waals surface area contributed by atoms with Crippen LogP contribution in [0.15, 0.2) is 48.5 Å². The van der Waals surface area contributed by atoms with Crippen LogP contribution in [-0.2, 0) is 9.53 Å². The molecule has 2 aromatic rings. The van der Waals surface area contributed by atoms with Gasteiger partial charge in [0.05, 0.1) is 18.4 Å². The zero-order valence-electron chi connectivity index (χ0n) is 13.3. The highest BCUT2D eigenvalue weighted by Crippen LogP contribution is 2.33. The lowest BCUT2D eigenvalue weighted by Gasteiger charge is -2.31. The first-order valence-corrected chi connectivity index (χ1v) is 7.50. The number of nitrogens with one attached hydrogen (secondary N) is 1. The smallest absolute Gasteiger partial charge is 0.339 e. The van der Waals surface area contributed by atoms with Crippen molar-refractivity contribution in [2.75, 3.05) is 12.4 Å². The van der Waals surface area contributed by atoms with Crippen molar-refractivity contribution in [1.82, 2.24) is 0 Å². The van der Waals surface area contributed by atoms with Crippen molar-refractivity contribution < 1.29 is 23.8 Å². The molecule has 0 saturated heterocycles. The van der Waals surface area contributed by atoms with Gasteiger partial charge in [-0.25, -0.2) is 4.79 Å². The average Bonchev–Trinajstić information content (AvgIpc) is 2.60. The molecular formula is C18H17NO5. The monoisotopic (exact) mass is 327 g/mol. The Bertz CT molecular complexity index is 774. The molecule has 1 N–H and O–H groups in total. The summed E-state index contributed by atoms with van der Waals surface area (Å²) >= 11 is 0. The quantitative estimate of drug-likeness (QED) is 0.877. The number of para-hydroxylation sites is 3. The summed E-state index contributed by atoms with van der Waals surface area (Å²) in [6, 6.07) is 13.8. The summed E-state index contributed by atoms with van der Waals surface area (Å²) in [6.07, 6.45) is -1.30. The lowest BCUT2D eigenvalue weighted by molar-refractivity contribution is -0.128. The minimum atomic E-state index is -0.828. The van der Waals surface area contributed by atoms with Crippen molar-refractivity contribution in [3.05, 3.63) is 54.1 Å². The van der Waals surface area contributed by atoms with E-state index in [1.807, 2.05) is 6.07 Å². The summed E-state index contributed by atoms with van der Waals surface area (Å²) < 4.78 is 16.2. The van der Waals surface area contributed by atoms with Gasteiger partial charge in [0, 0.05) is 0 Å². The van der Waals surface area contributed by atoms with E-state index in [-0.39, 0.29) is 5.56 Å². The van der Waals surface area contributed by atoms with E-state index in [4.69, 9.17) is 14.2 Å². The van der Waals surface area contributed by atoms with Crippen LogP contribution >= 0.6 is 0 Å². The first-order valence-electron chi connectivity index (χ1n) is 7.50. The normalized spacial score (nSPS) is 18.6. The number of anilines is 1. The zero-order chi connectivity index (χ0) is 17.1. The Morgan fingerprint density at radius 2 is 1.62 bits per heavy atom. The van der Waals surface area contributed by atoms with Crippen LogP contribution in [0.2, 0.25) is 0 Å². The molecule has 1 aliphatic rings. The van der Waals surface area contributed by atoms with Gasteiger partial charge in [-0.3, -0.25) is 4.79 Å². The van der Waals surface area contributed by atoms with Gasteiger partial charge in [0.25, 0.3) is 5.91 Å². The van der Waals surface area contributed by atoms with Crippen molar-refractivity contribution in [1.29, 1.82) is 0 Å². The van der Waals surface area contributed by atoms with Gasteiger partial charge in [-0.15, -0.1) is 0 Å². The number of carbonyl (C=O) groups is 2. The number of carbonyl (C=O) groups excluding carboxylic acids is 2. The van der Waals surface area contributed by atoms with Gasteiger partial charge in [-0.1, -0.05) is 24.3 Å². The number of methoxy groups -OCH3 is 1. The molecule has 2 unspecified atom stereocenters. The lowest BCUT2D eigenvalue weighted by atomic mass is 10.1. The molecule has 2 aromatic carbocycles. The SMILES string of the molecule is COC(=O)c1ccccc1NC(=O)C1Oc2ccccc2OC1C. The van der Waals surface area contributed by atoms with E-state index in [1.54, 1.807) is 49.4 Å². The Morgan fingerprint density at radius 3 is 2.33 bits per heavy atom. The van der Waals surface area contributed by atoms with Crippen molar-refractivity contribution in [3.8, 4) is 11.5 Å². The van der Waals surface area contributed by atoms with E-state index in [0.29, 0.717) is 17.2 Å². The Morgan fingerprint density at radius 1 is 1.00 bits per heavy atom. The molecular weight excluding hydrogens is 310 g/mol. The van der Waals surface area contributed by atoms with E-state index in [0.717, 1.165) is 0 Å². The van der Waals surface area contributed by atoms with Crippen LogP contribution in [0.4, 0.5) is 5.69 Å². The highest BCUT2D eigenvalue weighted by molar-refractivity contribution is 6.02. The molecule has 0 bridgehead atoms. The third-order valence-electron chi connectivity index (χ3n) is 3.69. The standard InChI is InChI=1S/C18H17NO5/c1-11-16(24-15-10-6-5-9-14(15)23-11)17(20)19-13-8-4-3-7-12(13)18(21)22-2/h3-11,16H,1-2H3,(H,19,20). The fourth-order valence-electron chi connectivity index (χ4n) is 2.49. The minimum absolute atomic E-state index is 0.276. The Labute approximate surface area is 139 Å². The summed E-state index contributed by atoms with van der Waals surface area (Å²) in [5.41, 5.74) is 0.641. The summed E-state index contributed by atoms with van der Waals surface area (Å²) in [5.74, 6) is 0.194. The molecule has 1 aliphatic heterocycles. The lowest BCUT2D eigenvalue weighted by Crippen LogP contribution is -2.46. The molecule has 0 aromatic heterocycles. The van der Waals surface area contributed by atoms with Crippen molar-refractivity contribution >= 4 is 17.6 Å². The summed E-state index contributed by atoms with van der Waals surface area (Å²) in [5, 5.41) is 2.71. The molecule has 1 amide bonds. The van der Waals surface area contributed by atoms with Gasteiger partial charge in [0.2, 0.25) is 6.10 Å². The van der Waals surface area contributed by atoms with Crippen LogP contribution in [0.1, 0.15) is 17.3 Å². The molecule has 124 valence electrons. The number of hydrogen-bond acceptors (Lipinski definition) is 5. The Kier molecular flexibility index (Phi) is 4.37. The van der Waals surface area contributed by atoms with Gasteiger partial charge < -0.3 is 19.5 Å². The summed E-state index contributed by atoms with van der Waals surface area (Å²) in [7, 11) is 1.29. The van der Waals surface area contributed by atoms with Gasteiger partial charge >= 0.3 is 5.97 Å². The van der Waals surface area contributed by atoms with E-state index in [9.17, 15) is 9.59 Å². The summed E-state index contributed by atoms with van der Waals surface area (Å²) in [6.45, 7) is 1.76. The van der Waals surface area contributed by atoms with E-state index < -0.39 is 24.1 Å². The van der Waals surface area contributed by atoms with Gasteiger partial charge in [-0.2, -0.15) is 0 Å². The largest absolute Gasteiger partial charge is 0.482 e. The maximum absolute atomic E-state index is 12.6. The highest BCUT2D eigenvalue weighted by Gasteiger charge is 2.34. The predicted octanol–water partition coefficient (Wildman–Crippen LogP) is 2.64. The van der Waals surface area contributed by atoms with Crippen LogP contribution < -0.4 is 14.8 Å². The van der Waals surface area contributed by atoms with Crippen LogP contribution in [0, 0.1) is 0 Å². The van der Waals surface area contributed by atoms with E-state index in [1.165, 1.54) is 7.11 Å². The third-order valence-corrected chi connectivity index (χ3v) is 3.69. The van der Waals surface area contributed by atoms with Crippen molar-refractivity contribution in [2.45, 2.75) is 19.1 Å². The molecule has 0 saturated carbocycles. The van der Waals surface area contributed by atoms with Crippen LogP contribution in [0.3, 0.4) is 0 Å². The second-order valence-corrected chi connectivity index (χ2v) is 5.33. The number of ether oxygens (including phenoxy) is 3. The van der Waals surface area contributed by atoms with Gasteiger partial charge in [0.15, 0.2) is 11.5 Å². The molecule has 6 heteroatoms. The predicted molar refractivity (Wildman–Crippen MR) is 87.4 cm³/mol. The van der Waals surface area contributed by atoms with Crippen molar-refractivity contribution in [3.63, 3.8) is 0 Å². The second kappa shape index (κ2) is 6.62. The van der Waals surface area contributed by atoms with Crippen LogP contribution in [0.25, 0.3) is 0 Å². The maximum Gasteiger partial charge on any atom is 0.339 e. The van der Waals surface area contributed by atoms with Gasteiger partial charge in [0.1, 0.15) is 6.10 Å². The zero-order valence-corrected chi connectivity index (χ0v) is 13.3. The molecule has 0 aliphatic carbocycles. The molecule has 0 spiro atoms. The molecule has 24 heavy (non-hydrogen) atoms. The fraction of sp³-hybridized carbons (Fsp3) is 0.222. The molecule has 0 fully saturated rings. The van der Waals surface area contributed by atoms with E-state index in [2.05, 4.69) is 5.32 Å². The molecule has 0 radical (unpaired) electrons. The number of rotatable bonds is 3. The maximum atomic E-state index is 12.6. The number of esters is 1. The first-order chi connectivity index (χ1) is 11.6. The molecule has 6 nitrogen and oxygen atoms in total. The molecule has 1 heterocycles.